The van der Waals surface area contributed by atoms with Gasteiger partial charge in [-0.05, 0) is 83.9 Å². The lowest BCUT2D eigenvalue weighted by atomic mass is 9.78. The van der Waals surface area contributed by atoms with Crippen molar-refractivity contribution in [3.8, 4) is 11.5 Å². The molecule has 1 aromatic heterocycles. The zero-order chi connectivity index (χ0) is 28.1. The van der Waals surface area contributed by atoms with E-state index in [1.165, 1.54) is 0 Å². The minimum atomic E-state index is -0.611. The van der Waals surface area contributed by atoms with Crippen molar-refractivity contribution in [1.82, 2.24) is 15.2 Å². The first-order valence-electron chi connectivity index (χ1n) is 14.0. The molecule has 39 heavy (non-hydrogen) atoms. The number of ether oxygens (including phenoxy) is 2. The van der Waals surface area contributed by atoms with Gasteiger partial charge in [0, 0.05) is 54.0 Å². The molecule has 1 saturated heterocycles. The fraction of sp³-hybridized carbons (Fsp3) is 0.600. The monoisotopic (exact) mass is 557 g/mol. The largest absolute Gasteiger partial charge is 0.484 e. The fourth-order valence-electron chi connectivity index (χ4n) is 6.26. The Morgan fingerprint density at radius 2 is 1.85 bits per heavy atom. The van der Waals surface area contributed by atoms with Crippen molar-refractivity contribution in [2.45, 2.75) is 84.6 Å². The molecule has 1 aromatic carbocycles. The van der Waals surface area contributed by atoms with Gasteiger partial charge in [-0.15, -0.1) is 0 Å². The highest BCUT2D eigenvalue weighted by Gasteiger charge is 2.42. The van der Waals surface area contributed by atoms with Gasteiger partial charge in [-0.2, -0.15) is 0 Å². The molecule has 3 aliphatic rings. The molecule has 2 fully saturated rings. The Morgan fingerprint density at radius 3 is 2.49 bits per heavy atom. The summed E-state index contributed by atoms with van der Waals surface area (Å²) < 4.78 is 12.6. The Labute approximate surface area is 235 Å². The zero-order valence-corrected chi connectivity index (χ0v) is 24.3. The van der Waals surface area contributed by atoms with Gasteiger partial charge in [-0.3, -0.25) is 14.5 Å². The maximum Gasteiger partial charge on any atom is 0.253 e. The SMILES string of the molecule is Cc1cc(C)c(CNC(=O)c2cc(Cl)c3c(c2C)OC(C2CCC(N4CC(C(C)(C)O)C4)CC2)CO3)c(=O)[nH]1. The second-order valence-electron chi connectivity index (χ2n) is 12.2. The molecule has 1 unspecified atom stereocenters. The van der Waals surface area contributed by atoms with Crippen LogP contribution in [0.25, 0.3) is 0 Å². The predicted molar refractivity (Wildman–Crippen MR) is 151 cm³/mol. The number of carbonyl (C=O) groups is 1. The highest BCUT2D eigenvalue weighted by molar-refractivity contribution is 6.32. The third-order valence-corrected chi connectivity index (χ3v) is 9.24. The molecule has 212 valence electrons. The lowest BCUT2D eigenvalue weighted by molar-refractivity contribution is -0.0858. The van der Waals surface area contributed by atoms with Crippen molar-refractivity contribution < 1.29 is 19.4 Å². The third kappa shape index (κ3) is 5.70. The van der Waals surface area contributed by atoms with Gasteiger partial charge in [0.15, 0.2) is 11.5 Å². The van der Waals surface area contributed by atoms with E-state index in [4.69, 9.17) is 21.1 Å². The van der Waals surface area contributed by atoms with Gasteiger partial charge in [0.1, 0.15) is 12.7 Å². The van der Waals surface area contributed by atoms with E-state index in [2.05, 4.69) is 15.2 Å². The summed E-state index contributed by atoms with van der Waals surface area (Å²) in [6.45, 7) is 11.8. The number of H-pyrrole nitrogens is 1. The molecule has 5 rings (SSSR count). The van der Waals surface area contributed by atoms with Gasteiger partial charge in [0.05, 0.1) is 10.6 Å². The summed E-state index contributed by atoms with van der Waals surface area (Å²) in [5.74, 6) is 1.42. The molecule has 0 bridgehead atoms. The number of aromatic amines is 1. The van der Waals surface area contributed by atoms with E-state index in [1.807, 2.05) is 40.7 Å². The van der Waals surface area contributed by atoms with E-state index in [0.717, 1.165) is 50.0 Å². The van der Waals surface area contributed by atoms with Crippen LogP contribution in [0.2, 0.25) is 5.02 Å². The summed E-state index contributed by atoms with van der Waals surface area (Å²) in [6.07, 6.45) is 4.22. The normalized spacial score (nSPS) is 23.8. The first-order valence-corrected chi connectivity index (χ1v) is 14.4. The van der Waals surface area contributed by atoms with Crippen LogP contribution in [0, 0.1) is 32.6 Å². The minimum absolute atomic E-state index is 0.0965. The third-order valence-electron chi connectivity index (χ3n) is 8.96. The van der Waals surface area contributed by atoms with Crippen LogP contribution in [0.1, 0.15) is 72.3 Å². The van der Waals surface area contributed by atoms with Crippen LogP contribution in [0.5, 0.6) is 11.5 Å². The average molecular weight is 558 g/mol. The Balaban J connectivity index is 1.23. The van der Waals surface area contributed by atoms with Crippen molar-refractivity contribution in [2.24, 2.45) is 11.8 Å². The molecule has 1 amide bonds. The van der Waals surface area contributed by atoms with Gasteiger partial charge in [0.25, 0.3) is 11.5 Å². The van der Waals surface area contributed by atoms with E-state index in [0.29, 0.717) is 57.7 Å². The Bertz CT molecular complexity index is 1300. The van der Waals surface area contributed by atoms with E-state index >= 15 is 0 Å². The quantitative estimate of drug-likeness (QED) is 0.490. The number of aryl methyl sites for hydroxylation is 2. The number of benzene rings is 1. The van der Waals surface area contributed by atoms with Crippen LogP contribution in [-0.4, -0.2) is 58.3 Å². The number of hydrogen-bond donors (Lipinski definition) is 3. The van der Waals surface area contributed by atoms with Crippen molar-refractivity contribution >= 4 is 17.5 Å². The second kappa shape index (κ2) is 10.8. The number of hydrogen-bond acceptors (Lipinski definition) is 6. The maximum absolute atomic E-state index is 13.2. The molecule has 3 heterocycles. The number of rotatable bonds is 6. The lowest BCUT2D eigenvalue weighted by Crippen LogP contribution is -2.59. The Kier molecular flexibility index (Phi) is 7.74. The summed E-state index contributed by atoms with van der Waals surface area (Å²) in [6, 6.07) is 4.06. The number of pyridine rings is 1. The van der Waals surface area contributed by atoms with Crippen LogP contribution in [0.4, 0.5) is 0 Å². The van der Waals surface area contributed by atoms with Crippen LogP contribution in [0.15, 0.2) is 16.9 Å². The van der Waals surface area contributed by atoms with Crippen molar-refractivity contribution in [2.75, 3.05) is 19.7 Å². The summed E-state index contributed by atoms with van der Waals surface area (Å²) >= 11 is 6.54. The van der Waals surface area contributed by atoms with Crippen LogP contribution >= 0.6 is 11.6 Å². The average Bonchev–Trinajstić information content (AvgIpc) is 2.84. The van der Waals surface area contributed by atoms with Gasteiger partial charge in [-0.25, -0.2) is 0 Å². The first kappa shape index (κ1) is 28.0. The number of fused-ring (bicyclic) bond motifs is 1. The standard InChI is InChI=1S/C30H40ClN3O5/c1-16-10-17(2)33-29(36)23(16)12-32-28(35)22-11-24(31)27-26(18(22)3)39-25(15-38-27)19-6-8-21(9-7-19)34-13-20(14-34)30(4,5)37/h10-11,19-21,25,37H,6-9,12-15H2,1-5H3,(H,32,35)(H,33,36). The van der Waals surface area contributed by atoms with Gasteiger partial charge in [-0.1, -0.05) is 11.6 Å². The van der Waals surface area contributed by atoms with Crippen LogP contribution in [-0.2, 0) is 6.54 Å². The predicted octanol–water partition coefficient (Wildman–Crippen LogP) is 4.28. The number of amides is 1. The molecule has 1 saturated carbocycles. The maximum atomic E-state index is 13.2. The van der Waals surface area contributed by atoms with E-state index in [1.54, 1.807) is 6.07 Å². The smallest absolute Gasteiger partial charge is 0.253 e. The van der Waals surface area contributed by atoms with Gasteiger partial charge in [0.2, 0.25) is 0 Å². The number of nitrogens with zero attached hydrogens (tertiary/aromatic N) is 1. The highest BCUT2D eigenvalue weighted by atomic mass is 35.5. The topological polar surface area (TPSA) is 104 Å². The molecule has 2 aliphatic heterocycles. The van der Waals surface area contributed by atoms with Crippen LogP contribution in [0.3, 0.4) is 0 Å². The first-order chi connectivity index (χ1) is 18.4. The van der Waals surface area contributed by atoms with Gasteiger partial charge < -0.3 is 24.9 Å². The molecule has 2 aromatic rings. The Hall–Kier alpha value is -2.55. The zero-order valence-electron chi connectivity index (χ0n) is 23.5. The molecular formula is C30H40ClN3O5. The molecule has 8 nitrogen and oxygen atoms in total. The minimum Gasteiger partial charge on any atom is -0.484 e. The molecule has 0 spiro atoms. The summed E-state index contributed by atoms with van der Waals surface area (Å²) in [5, 5.41) is 13.5. The van der Waals surface area contributed by atoms with E-state index < -0.39 is 5.60 Å². The number of carbonyl (C=O) groups excluding carboxylic acids is 1. The molecule has 3 N–H and O–H groups in total. The molecule has 0 radical (unpaired) electrons. The Morgan fingerprint density at radius 1 is 1.15 bits per heavy atom. The van der Waals surface area contributed by atoms with E-state index in [-0.39, 0.29) is 24.1 Å². The summed E-state index contributed by atoms with van der Waals surface area (Å²) in [5.41, 5.74) is 2.42. The van der Waals surface area contributed by atoms with Crippen molar-refractivity contribution in [3.63, 3.8) is 0 Å². The van der Waals surface area contributed by atoms with Crippen LogP contribution < -0.4 is 20.3 Å². The van der Waals surface area contributed by atoms with E-state index in [9.17, 15) is 14.7 Å². The van der Waals surface area contributed by atoms with Crippen molar-refractivity contribution in [3.05, 3.63) is 55.5 Å². The molecule has 9 heteroatoms. The summed E-state index contributed by atoms with van der Waals surface area (Å²) in [7, 11) is 0. The number of aromatic nitrogens is 1. The highest BCUT2D eigenvalue weighted by Crippen LogP contribution is 2.45. The molecular weight excluding hydrogens is 518 g/mol. The van der Waals surface area contributed by atoms with Gasteiger partial charge >= 0.3 is 0 Å². The fourth-order valence-corrected chi connectivity index (χ4v) is 6.51. The number of aliphatic hydroxyl groups is 1. The number of nitrogens with one attached hydrogen (secondary N) is 2. The number of likely N-dealkylation sites (tertiary alicyclic amines) is 1. The molecule has 1 atom stereocenters. The molecule has 1 aliphatic carbocycles. The second-order valence-corrected chi connectivity index (χ2v) is 12.6. The summed E-state index contributed by atoms with van der Waals surface area (Å²) in [4.78, 5) is 30.8. The number of halogens is 1. The van der Waals surface area contributed by atoms with Crippen molar-refractivity contribution in [1.29, 1.82) is 0 Å². The lowest BCUT2D eigenvalue weighted by Gasteiger charge is -2.50.